The van der Waals surface area contributed by atoms with E-state index in [0.717, 1.165) is 15.9 Å². The van der Waals surface area contributed by atoms with E-state index in [9.17, 15) is 0 Å². The zero-order chi connectivity index (χ0) is 13.1. The van der Waals surface area contributed by atoms with Gasteiger partial charge in [0.05, 0.1) is 34.2 Å². The molecule has 0 atom stereocenters. The normalized spacial score (nSPS) is 10.4. The van der Waals surface area contributed by atoms with Crippen LogP contribution in [0.4, 0.5) is 5.69 Å². The summed E-state index contributed by atoms with van der Waals surface area (Å²) in [6.07, 6.45) is 1.40. The predicted molar refractivity (Wildman–Crippen MR) is 77.4 cm³/mol. The van der Waals surface area contributed by atoms with Gasteiger partial charge in [-0.05, 0) is 40.2 Å². The van der Waals surface area contributed by atoms with E-state index in [1.807, 2.05) is 12.1 Å². The van der Waals surface area contributed by atoms with Crippen molar-refractivity contribution in [2.75, 3.05) is 5.32 Å². The molecular weight excluding hydrogens is 339 g/mol. The van der Waals surface area contributed by atoms with Gasteiger partial charge in [0.25, 0.3) is 0 Å². The van der Waals surface area contributed by atoms with Crippen LogP contribution in [0.1, 0.15) is 5.69 Å². The van der Waals surface area contributed by atoms with E-state index in [-0.39, 0.29) is 5.75 Å². The molecule has 0 saturated heterocycles. The van der Waals surface area contributed by atoms with E-state index in [1.54, 1.807) is 12.1 Å². The van der Waals surface area contributed by atoms with Crippen molar-refractivity contribution in [1.29, 1.82) is 0 Å². The summed E-state index contributed by atoms with van der Waals surface area (Å²) in [6, 6.07) is 6.97. The fraction of sp³-hybridized carbons (Fsp3) is 0.0833. The number of aromatic nitrogens is 1. The van der Waals surface area contributed by atoms with Crippen LogP contribution in [0.5, 0.6) is 5.75 Å². The molecule has 18 heavy (non-hydrogen) atoms. The maximum atomic E-state index is 9.13. The molecule has 2 rings (SSSR count). The molecule has 0 bridgehead atoms. The number of hydrogen-bond acceptors (Lipinski definition) is 3. The summed E-state index contributed by atoms with van der Waals surface area (Å²) < 4.78 is 0.752. The van der Waals surface area contributed by atoms with Crippen LogP contribution >= 0.6 is 39.1 Å². The third-order valence-electron chi connectivity index (χ3n) is 2.30. The van der Waals surface area contributed by atoms with Gasteiger partial charge < -0.3 is 10.4 Å². The molecule has 0 aliphatic rings. The van der Waals surface area contributed by atoms with Gasteiger partial charge >= 0.3 is 0 Å². The van der Waals surface area contributed by atoms with Crippen molar-refractivity contribution in [1.82, 2.24) is 4.98 Å². The van der Waals surface area contributed by atoms with Gasteiger partial charge in [-0.1, -0.05) is 23.2 Å². The highest BCUT2D eigenvalue weighted by Crippen LogP contribution is 2.35. The van der Waals surface area contributed by atoms with Gasteiger partial charge in [0, 0.05) is 4.47 Å². The van der Waals surface area contributed by atoms with Crippen molar-refractivity contribution >= 4 is 44.8 Å². The molecule has 0 amide bonds. The lowest BCUT2D eigenvalue weighted by Crippen LogP contribution is -2.01. The molecule has 1 aromatic heterocycles. The molecule has 94 valence electrons. The second-order valence-corrected chi connectivity index (χ2v) is 5.19. The summed E-state index contributed by atoms with van der Waals surface area (Å²) in [5.74, 6) is 0.142. The quantitative estimate of drug-likeness (QED) is 0.805. The van der Waals surface area contributed by atoms with Gasteiger partial charge in [0.1, 0.15) is 5.75 Å². The molecule has 1 heterocycles. The Balaban J connectivity index is 2.11. The Morgan fingerprint density at radius 3 is 2.61 bits per heavy atom. The summed E-state index contributed by atoms with van der Waals surface area (Å²) in [6.45, 7) is 0.498. The molecule has 6 heteroatoms. The largest absolute Gasteiger partial charge is 0.506 e. The van der Waals surface area contributed by atoms with Crippen LogP contribution in [-0.2, 0) is 6.54 Å². The number of hydrogen-bond donors (Lipinski definition) is 2. The van der Waals surface area contributed by atoms with E-state index < -0.39 is 0 Å². The highest BCUT2D eigenvalue weighted by atomic mass is 79.9. The van der Waals surface area contributed by atoms with Crippen LogP contribution in [0.15, 0.2) is 34.9 Å². The maximum absolute atomic E-state index is 9.13. The Bertz CT molecular complexity index is 561. The van der Waals surface area contributed by atoms with E-state index in [1.165, 1.54) is 6.20 Å². The predicted octanol–water partition coefficient (Wildman–Crippen LogP) is 4.47. The average Bonchev–Trinajstić information content (AvgIpc) is 2.37. The first kappa shape index (κ1) is 13.5. The fourth-order valence-corrected chi connectivity index (χ4v) is 2.21. The minimum absolute atomic E-state index is 0.142. The van der Waals surface area contributed by atoms with E-state index >= 15 is 0 Å². The summed E-state index contributed by atoms with van der Waals surface area (Å²) >= 11 is 15.4. The fourth-order valence-electron chi connectivity index (χ4n) is 1.37. The number of rotatable bonds is 3. The summed E-state index contributed by atoms with van der Waals surface area (Å²) in [4.78, 5) is 4.07. The van der Waals surface area contributed by atoms with E-state index in [0.29, 0.717) is 16.6 Å². The van der Waals surface area contributed by atoms with Gasteiger partial charge in [-0.3, -0.25) is 4.98 Å². The Morgan fingerprint density at radius 1 is 1.17 bits per heavy atom. The molecule has 0 fully saturated rings. The molecule has 1 aromatic carbocycles. The molecule has 0 spiro atoms. The number of anilines is 1. The van der Waals surface area contributed by atoms with Crippen LogP contribution in [0.25, 0.3) is 0 Å². The SMILES string of the molecule is Oc1ccc(CNc2ccc(Br)c(Cl)c2Cl)nc1. The minimum Gasteiger partial charge on any atom is -0.506 e. The third-order valence-corrected chi connectivity index (χ3v) is 4.08. The molecule has 0 unspecified atom stereocenters. The van der Waals surface area contributed by atoms with Crippen molar-refractivity contribution in [3.63, 3.8) is 0 Å². The van der Waals surface area contributed by atoms with Crippen LogP contribution in [0.3, 0.4) is 0 Å². The summed E-state index contributed by atoms with van der Waals surface area (Å²) in [5.41, 5.74) is 1.53. The van der Waals surface area contributed by atoms with Crippen LogP contribution < -0.4 is 5.32 Å². The number of nitrogens with zero attached hydrogens (tertiary/aromatic N) is 1. The molecule has 2 N–H and O–H groups in total. The number of pyridine rings is 1. The highest BCUT2D eigenvalue weighted by molar-refractivity contribution is 9.10. The molecule has 0 aliphatic heterocycles. The van der Waals surface area contributed by atoms with Gasteiger partial charge in [-0.2, -0.15) is 0 Å². The van der Waals surface area contributed by atoms with Gasteiger partial charge in [-0.25, -0.2) is 0 Å². The van der Waals surface area contributed by atoms with Crippen LogP contribution in [0.2, 0.25) is 10.0 Å². The van der Waals surface area contributed by atoms with Gasteiger partial charge in [-0.15, -0.1) is 0 Å². The molecule has 0 aliphatic carbocycles. The van der Waals surface area contributed by atoms with Gasteiger partial charge in [0.15, 0.2) is 0 Å². The molecular formula is C12H9BrCl2N2O. The number of halogens is 3. The second-order valence-electron chi connectivity index (χ2n) is 3.58. The van der Waals surface area contributed by atoms with E-state index in [2.05, 4.69) is 26.2 Å². The molecule has 2 aromatic rings. The number of nitrogens with one attached hydrogen (secondary N) is 1. The maximum Gasteiger partial charge on any atom is 0.133 e. The van der Waals surface area contributed by atoms with Crippen LogP contribution in [-0.4, -0.2) is 10.1 Å². The first-order chi connectivity index (χ1) is 8.58. The van der Waals surface area contributed by atoms with Crippen molar-refractivity contribution in [3.8, 4) is 5.75 Å². The topological polar surface area (TPSA) is 45.1 Å². The van der Waals surface area contributed by atoms with Crippen molar-refractivity contribution in [3.05, 3.63) is 50.7 Å². The number of aromatic hydroxyl groups is 1. The molecule has 0 saturated carbocycles. The Hall–Kier alpha value is -0.970. The zero-order valence-electron chi connectivity index (χ0n) is 9.12. The lowest BCUT2D eigenvalue weighted by atomic mass is 10.3. The third kappa shape index (κ3) is 3.07. The minimum atomic E-state index is 0.142. The average molecular weight is 348 g/mol. The Labute approximate surface area is 123 Å². The zero-order valence-corrected chi connectivity index (χ0v) is 12.2. The van der Waals surface area contributed by atoms with Crippen molar-refractivity contribution in [2.45, 2.75) is 6.54 Å². The van der Waals surface area contributed by atoms with Crippen molar-refractivity contribution in [2.24, 2.45) is 0 Å². The number of benzene rings is 1. The standard InChI is InChI=1S/C12H9BrCl2N2O/c13-9-3-4-10(12(15)11(9)14)17-5-7-1-2-8(18)6-16-7/h1-4,6,17-18H,5H2. The smallest absolute Gasteiger partial charge is 0.133 e. The summed E-state index contributed by atoms with van der Waals surface area (Å²) in [7, 11) is 0. The molecule has 0 radical (unpaired) electrons. The second kappa shape index (κ2) is 5.78. The molecule has 3 nitrogen and oxygen atoms in total. The van der Waals surface area contributed by atoms with Gasteiger partial charge in [0.2, 0.25) is 0 Å². The van der Waals surface area contributed by atoms with Crippen LogP contribution in [0, 0.1) is 0 Å². The Kier molecular flexibility index (Phi) is 4.32. The highest BCUT2D eigenvalue weighted by Gasteiger charge is 2.08. The monoisotopic (exact) mass is 346 g/mol. The first-order valence-corrected chi connectivity index (χ1v) is 6.64. The lowest BCUT2D eigenvalue weighted by Gasteiger charge is -2.10. The van der Waals surface area contributed by atoms with E-state index in [4.69, 9.17) is 28.3 Å². The Morgan fingerprint density at radius 2 is 1.94 bits per heavy atom. The lowest BCUT2D eigenvalue weighted by molar-refractivity contribution is 0.472. The summed E-state index contributed by atoms with van der Waals surface area (Å²) in [5, 5.41) is 13.2. The first-order valence-electron chi connectivity index (χ1n) is 5.09. The van der Waals surface area contributed by atoms with Crippen molar-refractivity contribution < 1.29 is 5.11 Å².